The zero-order valence-electron chi connectivity index (χ0n) is 12.9. The molecule has 0 saturated heterocycles. The number of nitrogens with one attached hydrogen (secondary N) is 1. The summed E-state index contributed by atoms with van der Waals surface area (Å²) in [5.74, 6) is 0.898. The van der Waals surface area contributed by atoms with Crippen LogP contribution in [-0.2, 0) is 6.61 Å². The van der Waals surface area contributed by atoms with Crippen LogP contribution in [0.5, 0.6) is 0 Å². The largest absolute Gasteiger partial charge is 0.459 e. The number of pyridine rings is 1. The third-order valence-electron chi connectivity index (χ3n) is 3.55. The van der Waals surface area contributed by atoms with Crippen molar-refractivity contribution in [3.63, 3.8) is 0 Å². The van der Waals surface area contributed by atoms with E-state index < -0.39 is 0 Å². The molecule has 0 aliphatic carbocycles. The SMILES string of the molecule is Cc1ccc(-c2ccc(CO)o2)cc1NC(=O)c1cncc(Br)c1. The molecule has 5 nitrogen and oxygen atoms in total. The molecule has 1 aromatic carbocycles. The van der Waals surface area contributed by atoms with E-state index in [1.165, 1.54) is 6.20 Å². The van der Waals surface area contributed by atoms with Crippen molar-refractivity contribution in [1.82, 2.24) is 4.98 Å². The van der Waals surface area contributed by atoms with E-state index in [4.69, 9.17) is 9.52 Å². The molecule has 0 aliphatic heterocycles. The van der Waals surface area contributed by atoms with E-state index >= 15 is 0 Å². The van der Waals surface area contributed by atoms with Gasteiger partial charge in [0.2, 0.25) is 0 Å². The standard InChI is InChI=1S/C18H15BrN2O3/c1-11-2-3-12(17-5-4-15(10-22)24-17)7-16(11)21-18(23)13-6-14(19)9-20-8-13/h2-9,22H,10H2,1H3,(H,21,23). The lowest BCUT2D eigenvalue weighted by molar-refractivity contribution is 0.102. The Labute approximate surface area is 147 Å². The number of aryl methyl sites for hydroxylation is 1. The molecule has 2 N–H and O–H groups in total. The van der Waals surface area contributed by atoms with Crippen LogP contribution in [0.1, 0.15) is 21.7 Å². The van der Waals surface area contributed by atoms with Crippen LogP contribution < -0.4 is 5.32 Å². The summed E-state index contributed by atoms with van der Waals surface area (Å²) in [4.78, 5) is 16.4. The number of anilines is 1. The molecule has 0 spiro atoms. The first kappa shape index (κ1) is 16.4. The summed E-state index contributed by atoms with van der Waals surface area (Å²) in [7, 11) is 0. The molecule has 0 aliphatic rings. The fraction of sp³-hybridized carbons (Fsp3) is 0.111. The lowest BCUT2D eigenvalue weighted by atomic mass is 10.1. The minimum atomic E-state index is -0.237. The molecule has 0 radical (unpaired) electrons. The van der Waals surface area contributed by atoms with Crippen molar-refractivity contribution >= 4 is 27.5 Å². The summed E-state index contributed by atoms with van der Waals surface area (Å²) in [6, 6.07) is 10.9. The topological polar surface area (TPSA) is 75.4 Å². The first-order valence-corrected chi connectivity index (χ1v) is 8.08. The Bertz CT molecular complexity index is 889. The van der Waals surface area contributed by atoms with E-state index in [0.29, 0.717) is 22.8 Å². The second-order valence-electron chi connectivity index (χ2n) is 5.30. The zero-order valence-corrected chi connectivity index (χ0v) is 14.5. The van der Waals surface area contributed by atoms with E-state index in [2.05, 4.69) is 26.2 Å². The maximum atomic E-state index is 12.4. The second kappa shape index (κ2) is 6.98. The molecule has 2 aromatic heterocycles. The number of aromatic nitrogens is 1. The number of aliphatic hydroxyl groups excluding tert-OH is 1. The third-order valence-corrected chi connectivity index (χ3v) is 3.99. The average molecular weight is 387 g/mol. The van der Waals surface area contributed by atoms with Gasteiger partial charge in [-0.05, 0) is 52.7 Å². The van der Waals surface area contributed by atoms with Crippen molar-refractivity contribution in [3.05, 3.63) is 70.2 Å². The van der Waals surface area contributed by atoms with Crippen LogP contribution in [-0.4, -0.2) is 16.0 Å². The van der Waals surface area contributed by atoms with Crippen molar-refractivity contribution in [2.75, 3.05) is 5.32 Å². The highest BCUT2D eigenvalue weighted by Crippen LogP contribution is 2.27. The average Bonchev–Trinajstić information content (AvgIpc) is 3.06. The first-order valence-electron chi connectivity index (χ1n) is 7.29. The number of benzene rings is 1. The molecule has 0 bridgehead atoms. The molecule has 6 heteroatoms. The molecule has 3 rings (SSSR count). The van der Waals surface area contributed by atoms with Gasteiger partial charge in [0.15, 0.2) is 0 Å². The normalized spacial score (nSPS) is 10.6. The van der Waals surface area contributed by atoms with E-state index in [9.17, 15) is 4.79 Å². The maximum absolute atomic E-state index is 12.4. The molecule has 2 heterocycles. The summed E-state index contributed by atoms with van der Waals surface area (Å²) in [6.45, 7) is 1.77. The van der Waals surface area contributed by atoms with Crippen LogP contribution in [0.3, 0.4) is 0 Å². The zero-order chi connectivity index (χ0) is 17.1. The Hall–Kier alpha value is -2.44. The van der Waals surface area contributed by atoms with Crippen LogP contribution in [0, 0.1) is 6.92 Å². The molecule has 0 atom stereocenters. The summed E-state index contributed by atoms with van der Waals surface area (Å²) < 4.78 is 6.28. The highest BCUT2D eigenvalue weighted by atomic mass is 79.9. The first-order chi connectivity index (χ1) is 11.6. The van der Waals surface area contributed by atoms with Crippen LogP contribution in [0.4, 0.5) is 5.69 Å². The highest BCUT2D eigenvalue weighted by Gasteiger charge is 2.11. The van der Waals surface area contributed by atoms with Gasteiger partial charge in [-0.2, -0.15) is 0 Å². The lowest BCUT2D eigenvalue weighted by Gasteiger charge is -2.10. The van der Waals surface area contributed by atoms with Gasteiger partial charge in [0, 0.05) is 28.1 Å². The number of halogens is 1. The Morgan fingerprint density at radius 1 is 1.25 bits per heavy atom. The summed E-state index contributed by atoms with van der Waals surface area (Å²) in [6.07, 6.45) is 3.14. The quantitative estimate of drug-likeness (QED) is 0.705. The van der Waals surface area contributed by atoms with Gasteiger partial charge in [0.25, 0.3) is 5.91 Å². The van der Waals surface area contributed by atoms with Gasteiger partial charge in [0.1, 0.15) is 18.1 Å². The van der Waals surface area contributed by atoms with Crippen molar-refractivity contribution in [2.24, 2.45) is 0 Å². The number of carbonyl (C=O) groups excluding carboxylic acids is 1. The van der Waals surface area contributed by atoms with Crippen molar-refractivity contribution < 1.29 is 14.3 Å². The van der Waals surface area contributed by atoms with Gasteiger partial charge in [-0.15, -0.1) is 0 Å². The second-order valence-corrected chi connectivity index (χ2v) is 6.22. The number of furan rings is 1. The van der Waals surface area contributed by atoms with Gasteiger partial charge in [-0.3, -0.25) is 9.78 Å². The number of hydrogen-bond donors (Lipinski definition) is 2. The van der Waals surface area contributed by atoms with Crippen molar-refractivity contribution in [3.8, 4) is 11.3 Å². The number of amides is 1. The molecular weight excluding hydrogens is 372 g/mol. The van der Waals surface area contributed by atoms with Gasteiger partial charge < -0.3 is 14.8 Å². The molecule has 24 heavy (non-hydrogen) atoms. The summed E-state index contributed by atoms with van der Waals surface area (Å²) in [5, 5.41) is 12.0. The van der Waals surface area contributed by atoms with Crippen LogP contribution in [0.15, 0.2) is 57.7 Å². The number of hydrogen-bond acceptors (Lipinski definition) is 4. The fourth-order valence-corrected chi connectivity index (χ4v) is 2.62. The Morgan fingerprint density at radius 3 is 2.79 bits per heavy atom. The molecule has 1 amide bonds. The maximum Gasteiger partial charge on any atom is 0.257 e. The molecule has 0 unspecified atom stereocenters. The number of aliphatic hydroxyl groups is 1. The monoisotopic (exact) mass is 386 g/mol. The minimum Gasteiger partial charge on any atom is -0.459 e. The van der Waals surface area contributed by atoms with Crippen molar-refractivity contribution in [1.29, 1.82) is 0 Å². The van der Waals surface area contributed by atoms with Gasteiger partial charge >= 0.3 is 0 Å². The Balaban J connectivity index is 1.87. The number of carbonyl (C=O) groups is 1. The van der Waals surface area contributed by atoms with Gasteiger partial charge in [-0.25, -0.2) is 0 Å². The number of rotatable bonds is 4. The molecule has 0 fully saturated rings. The molecular formula is C18H15BrN2O3. The van der Waals surface area contributed by atoms with Crippen LogP contribution >= 0.6 is 15.9 Å². The summed E-state index contributed by atoms with van der Waals surface area (Å²) >= 11 is 3.31. The predicted molar refractivity (Wildman–Crippen MR) is 94.7 cm³/mol. The molecule has 0 saturated carbocycles. The lowest BCUT2D eigenvalue weighted by Crippen LogP contribution is -2.13. The van der Waals surface area contributed by atoms with E-state index in [1.54, 1.807) is 24.4 Å². The Morgan fingerprint density at radius 2 is 2.08 bits per heavy atom. The molecule has 122 valence electrons. The van der Waals surface area contributed by atoms with Crippen LogP contribution in [0.25, 0.3) is 11.3 Å². The third kappa shape index (κ3) is 3.55. The van der Waals surface area contributed by atoms with E-state index in [0.717, 1.165) is 15.6 Å². The van der Waals surface area contributed by atoms with Crippen LogP contribution in [0.2, 0.25) is 0 Å². The minimum absolute atomic E-state index is 0.147. The predicted octanol–water partition coefficient (Wildman–Crippen LogP) is 4.16. The van der Waals surface area contributed by atoms with Gasteiger partial charge in [0.05, 0.1) is 5.56 Å². The van der Waals surface area contributed by atoms with E-state index in [-0.39, 0.29) is 12.5 Å². The smallest absolute Gasteiger partial charge is 0.257 e. The Kier molecular flexibility index (Phi) is 4.78. The summed E-state index contributed by atoms with van der Waals surface area (Å²) in [5.41, 5.74) is 2.92. The number of nitrogens with zero attached hydrogens (tertiary/aromatic N) is 1. The fourth-order valence-electron chi connectivity index (χ4n) is 2.26. The van der Waals surface area contributed by atoms with Crippen molar-refractivity contribution in [2.45, 2.75) is 13.5 Å². The van der Waals surface area contributed by atoms with Gasteiger partial charge in [-0.1, -0.05) is 12.1 Å². The highest BCUT2D eigenvalue weighted by molar-refractivity contribution is 9.10. The van der Waals surface area contributed by atoms with E-state index in [1.807, 2.05) is 25.1 Å². The molecule has 3 aromatic rings.